The number of unbranched alkanes of at least 4 members (excludes halogenated alkanes) is 2. The van der Waals surface area contributed by atoms with Gasteiger partial charge in [-0.25, -0.2) is 4.98 Å². The lowest BCUT2D eigenvalue weighted by molar-refractivity contribution is -0.139. The molecular weight excluding hydrogens is 180 g/mol. The number of aromatic amines is 1. The van der Waals surface area contributed by atoms with Gasteiger partial charge in [-0.1, -0.05) is 26.2 Å². The van der Waals surface area contributed by atoms with Gasteiger partial charge in [-0.2, -0.15) is 0 Å². The maximum Gasteiger partial charge on any atom is 0.314 e. The Balaban J connectivity index is 2.52. The van der Waals surface area contributed by atoms with E-state index in [2.05, 4.69) is 16.9 Å². The summed E-state index contributed by atoms with van der Waals surface area (Å²) >= 11 is 0. The summed E-state index contributed by atoms with van der Waals surface area (Å²) in [6, 6.07) is 0. The van der Waals surface area contributed by atoms with Crippen LogP contribution >= 0.6 is 0 Å². The van der Waals surface area contributed by atoms with Gasteiger partial charge in [0.05, 0.1) is 0 Å². The van der Waals surface area contributed by atoms with Crippen LogP contribution in [0, 0.1) is 0 Å². The standard InChI is InChI=1S/C10H16N2O2/c1-2-3-4-5-8(10(13)14)9-11-6-7-12-9/h6-8H,2-5H2,1H3,(H,11,12)(H,13,14). The largest absolute Gasteiger partial charge is 0.481 e. The topological polar surface area (TPSA) is 66.0 Å². The third-order valence-corrected chi connectivity index (χ3v) is 2.24. The fraction of sp³-hybridized carbons (Fsp3) is 0.600. The van der Waals surface area contributed by atoms with E-state index in [1.54, 1.807) is 12.4 Å². The Morgan fingerprint density at radius 2 is 2.43 bits per heavy atom. The van der Waals surface area contributed by atoms with Crippen molar-refractivity contribution in [2.75, 3.05) is 0 Å². The number of carboxylic acids is 1. The van der Waals surface area contributed by atoms with Gasteiger partial charge in [0, 0.05) is 12.4 Å². The van der Waals surface area contributed by atoms with Gasteiger partial charge in [-0.3, -0.25) is 4.79 Å². The molecule has 0 bridgehead atoms. The number of carbonyl (C=O) groups is 1. The van der Waals surface area contributed by atoms with E-state index >= 15 is 0 Å². The first-order valence-electron chi connectivity index (χ1n) is 4.97. The Morgan fingerprint density at radius 1 is 1.64 bits per heavy atom. The molecule has 0 radical (unpaired) electrons. The molecule has 2 N–H and O–H groups in total. The Kier molecular flexibility index (Phi) is 4.16. The molecule has 1 aromatic rings. The minimum Gasteiger partial charge on any atom is -0.481 e. The smallest absolute Gasteiger partial charge is 0.314 e. The summed E-state index contributed by atoms with van der Waals surface area (Å²) in [6.45, 7) is 2.10. The van der Waals surface area contributed by atoms with Crippen LogP contribution in [0.25, 0.3) is 0 Å². The number of aromatic nitrogens is 2. The second kappa shape index (κ2) is 5.42. The van der Waals surface area contributed by atoms with E-state index in [1.165, 1.54) is 0 Å². The van der Waals surface area contributed by atoms with Crippen molar-refractivity contribution in [2.45, 2.75) is 38.5 Å². The maximum absolute atomic E-state index is 10.9. The Morgan fingerprint density at radius 3 is 2.93 bits per heavy atom. The van der Waals surface area contributed by atoms with Crippen LogP contribution < -0.4 is 0 Å². The molecule has 0 saturated heterocycles. The fourth-order valence-corrected chi connectivity index (χ4v) is 1.44. The van der Waals surface area contributed by atoms with Crippen LogP contribution in [0.5, 0.6) is 0 Å². The van der Waals surface area contributed by atoms with Crippen LogP contribution in [-0.2, 0) is 4.79 Å². The highest BCUT2D eigenvalue weighted by atomic mass is 16.4. The van der Waals surface area contributed by atoms with E-state index in [9.17, 15) is 4.79 Å². The van der Waals surface area contributed by atoms with Crippen LogP contribution in [0.4, 0.5) is 0 Å². The first-order chi connectivity index (χ1) is 6.75. The van der Waals surface area contributed by atoms with Gasteiger partial charge >= 0.3 is 5.97 Å². The second-order valence-electron chi connectivity index (χ2n) is 3.36. The zero-order valence-electron chi connectivity index (χ0n) is 8.36. The number of carboxylic acid groups (broad SMARTS) is 1. The van der Waals surface area contributed by atoms with Gasteiger partial charge in [0.2, 0.25) is 0 Å². The maximum atomic E-state index is 10.9. The highest BCUT2D eigenvalue weighted by molar-refractivity contribution is 5.74. The molecule has 78 valence electrons. The molecule has 0 fully saturated rings. The van der Waals surface area contributed by atoms with Crippen LogP contribution in [0.2, 0.25) is 0 Å². The van der Waals surface area contributed by atoms with Crippen molar-refractivity contribution >= 4 is 5.97 Å². The third-order valence-electron chi connectivity index (χ3n) is 2.24. The van der Waals surface area contributed by atoms with Crippen molar-refractivity contribution in [3.8, 4) is 0 Å². The molecule has 0 aliphatic heterocycles. The molecule has 4 nitrogen and oxygen atoms in total. The summed E-state index contributed by atoms with van der Waals surface area (Å²) in [6.07, 6.45) is 7.02. The Labute approximate surface area is 83.4 Å². The normalized spacial score (nSPS) is 12.6. The molecular formula is C10H16N2O2. The number of hydrogen-bond donors (Lipinski definition) is 2. The number of nitrogens with one attached hydrogen (secondary N) is 1. The minimum atomic E-state index is -0.795. The number of H-pyrrole nitrogens is 1. The summed E-state index contributed by atoms with van der Waals surface area (Å²) in [5.74, 6) is -0.707. The van der Waals surface area contributed by atoms with Gasteiger partial charge in [0.1, 0.15) is 11.7 Å². The van der Waals surface area contributed by atoms with Crippen LogP contribution in [-0.4, -0.2) is 21.0 Å². The van der Waals surface area contributed by atoms with E-state index in [0.29, 0.717) is 12.2 Å². The average Bonchev–Trinajstić information content (AvgIpc) is 2.64. The highest BCUT2D eigenvalue weighted by Gasteiger charge is 2.21. The van der Waals surface area contributed by atoms with Crippen molar-refractivity contribution in [3.05, 3.63) is 18.2 Å². The van der Waals surface area contributed by atoms with Crippen LogP contribution in [0.3, 0.4) is 0 Å². The average molecular weight is 196 g/mol. The van der Waals surface area contributed by atoms with Gasteiger partial charge < -0.3 is 10.1 Å². The zero-order chi connectivity index (χ0) is 10.4. The summed E-state index contributed by atoms with van der Waals surface area (Å²) in [7, 11) is 0. The zero-order valence-corrected chi connectivity index (χ0v) is 8.36. The monoisotopic (exact) mass is 196 g/mol. The first-order valence-corrected chi connectivity index (χ1v) is 4.97. The number of aliphatic carboxylic acids is 1. The van der Waals surface area contributed by atoms with E-state index in [1.807, 2.05) is 0 Å². The molecule has 1 atom stereocenters. The van der Waals surface area contributed by atoms with Crippen LogP contribution in [0.1, 0.15) is 44.3 Å². The molecule has 0 aliphatic carbocycles. The quantitative estimate of drug-likeness (QED) is 0.685. The van der Waals surface area contributed by atoms with Crippen molar-refractivity contribution in [2.24, 2.45) is 0 Å². The molecule has 0 aromatic carbocycles. The first kappa shape index (κ1) is 10.8. The van der Waals surface area contributed by atoms with Crippen molar-refractivity contribution in [1.82, 2.24) is 9.97 Å². The fourth-order valence-electron chi connectivity index (χ4n) is 1.44. The molecule has 0 amide bonds. The Hall–Kier alpha value is -1.32. The van der Waals surface area contributed by atoms with E-state index in [4.69, 9.17) is 5.11 Å². The number of hydrogen-bond acceptors (Lipinski definition) is 2. The number of nitrogens with zero attached hydrogens (tertiary/aromatic N) is 1. The number of rotatable bonds is 6. The van der Waals surface area contributed by atoms with Gasteiger partial charge in [0.15, 0.2) is 0 Å². The van der Waals surface area contributed by atoms with Crippen molar-refractivity contribution < 1.29 is 9.90 Å². The molecule has 4 heteroatoms. The summed E-state index contributed by atoms with van der Waals surface area (Å²) in [4.78, 5) is 17.8. The SMILES string of the molecule is CCCCCC(C(=O)O)c1ncc[nH]1. The molecule has 1 heterocycles. The lowest BCUT2D eigenvalue weighted by atomic mass is 10.0. The Bertz CT molecular complexity index is 270. The summed E-state index contributed by atoms with van der Waals surface area (Å²) in [5.41, 5.74) is 0. The minimum absolute atomic E-state index is 0.475. The lowest BCUT2D eigenvalue weighted by Gasteiger charge is -2.08. The van der Waals surface area contributed by atoms with Gasteiger partial charge in [0.25, 0.3) is 0 Å². The van der Waals surface area contributed by atoms with Gasteiger partial charge in [-0.05, 0) is 6.42 Å². The molecule has 14 heavy (non-hydrogen) atoms. The predicted molar refractivity (Wildman–Crippen MR) is 53.1 cm³/mol. The highest BCUT2D eigenvalue weighted by Crippen LogP contribution is 2.19. The van der Waals surface area contributed by atoms with E-state index in [-0.39, 0.29) is 0 Å². The molecule has 1 rings (SSSR count). The number of imidazole rings is 1. The summed E-state index contributed by atoms with van der Waals surface area (Å²) in [5, 5.41) is 8.98. The van der Waals surface area contributed by atoms with Crippen molar-refractivity contribution in [3.63, 3.8) is 0 Å². The molecule has 0 aliphatic rings. The van der Waals surface area contributed by atoms with Gasteiger partial charge in [-0.15, -0.1) is 0 Å². The molecule has 1 unspecified atom stereocenters. The van der Waals surface area contributed by atoms with Crippen molar-refractivity contribution in [1.29, 1.82) is 0 Å². The molecule has 0 spiro atoms. The van der Waals surface area contributed by atoms with Crippen LogP contribution in [0.15, 0.2) is 12.4 Å². The summed E-state index contributed by atoms with van der Waals surface area (Å²) < 4.78 is 0. The van der Waals surface area contributed by atoms with E-state index < -0.39 is 11.9 Å². The second-order valence-corrected chi connectivity index (χ2v) is 3.36. The lowest BCUT2D eigenvalue weighted by Crippen LogP contribution is -2.13. The molecule has 1 aromatic heterocycles. The van der Waals surface area contributed by atoms with E-state index in [0.717, 1.165) is 19.3 Å². The molecule has 0 saturated carbocycles. The predicted octanol–water partition coefficient (Wildman–Crippen LogP) is 2.16. The third kappa shape index (κ3) is 2.87.